The van der Waals surface area contributed by atoms with Crippen LogP contribution in [0.3, 0.4) is 0 Å². The van der Waals surface area contributed by atoms with Gasteiger partial charge in [0.25, 0.3) is 0 Å². The Hall–Kier alpha value is -0.320. The molecule has 1 heterocycles. The van der Waals surface area contributed by atoms with Crippen LogP contribution in [0.15, 0.2) is 16.6 Å². The molecule has 5 heteroatoms. The number of rotatable bonds is 4. The topological polar surface area (TPSA) is 21.3 Å². The predicted octanol–water partition coefficient (Wildman–Crippen LogP) is 3.23. The van der Waals surface area contributed by atoms with E-state index in [1.165, 1.54) is 12.1 Å². The van der Waals surface area contributed by atoms with Crippen LogP contribution in [-0.4, -0.2) is 19.7 Å². The highest BCUT2D eigenvalue weighted by atomic mass is 79.9. The number of hydrogen-bond donors (Lipinski definition) is 1. The number of benzene rings is 1. The first-order valence-electron chi connectivity index (χ1n) is 5.15. The normalized spacial score (nSPS) is 15.9. The van der Waals surface area contributed by atoms with Crippen molar-refractivity contribution in [3.63, 3.8) is 0 Å². The van der Waals surface area contributed by atoms with Crippen molar-refractivity contribution in [2.75, 3.05) is 19.7 Å². The summed E-state index contributed by atoms with van der Waals surface area (Å²) in [4.78, 5) is 0. The first kappa shape index (κ1) is 12.1. The zero-order valence-electron chi connectivity index (χ0n) is 8.60. The molecule has 2 rings (SSSR count). The largest absolute Gasteiger partial charge is 0.492 e. The van der Waals surface area contributed by atoms with Crippen LogP contribution in [0, 0.1) is 11.7 Å². The average molecular weight is 309 g/mol. The van der Waals surface area contributed by atoms with E-state index in [0.29, 0.717) is 22.7 Å². The first-order valence-corrected chi connectivity index (χ1v) is 6.32. The third-order valence-electron chi connectivity index (χ3n) is 2.62. The lowest BCUT2D eigenvalue weighted by Gasteiger charge is -2.26. The van der Waals surface area contributed by atoms with Crippen LogP contribution in [0.4, 0.5) is 4.39 Å². The van der Waals surface area contributed by atoms with E-state index in [0.717, 1.165) is 19.5 Å². The summed E-state index contributed by atoms with van der Waals surface area (Å²) in [5, 5.41) is 3.30. The summed E-state index contributed by atoms with van der Waals surface area (Å²) in [6, 6.07) is 2.82. The third-order valence-corrected chi connectivity index (χ3v) is 3.53. The highest BCUT2D eigenvalue weighted by Crippen LogP contribution is 2.30. The summed E-state index contributed by atoms with van der Waals surface area (Å²) in [5.74, 6) is 0.746. The summed E-state index contributed by atoms with van der Waals surface area (Å²) in [6.07, 6.45) is 0.990. The van der Waals surface area contributed by atoms with Crippen LogP contribution in [0.1, 0.15) is 6.42 Å². The van der Waals surface area contributed by atoms with Crippen molar-refractivity contribution in [3.05, 3.63) is 27.4 Å². The standard InChI is InChI=1S/C11H12BrClFNO/c12-8-3-9(13)10(14)4-11(8)16-2-1-7-5-15-6-7/h3-4,7,15H,1-2,5-6H2. The van der Waals surface area contributed by atoms with Gasteiger partial charge in [0.2, 0.25) is 0 Å². The van der Waals surface area contributed by atoms with Crippen molar-refractivity contribution in [1.82, 2.24) is 5.32 Å². The molecule has 0 aromatic heterocycles. The molecule has 0 unspecified atom stereocenters. The highest BCUT2D eigenvalue weighted by Gasteiger charge is 2.16. The molecule has 1 fully saturated rings. The molecule has 0 bridgehead atoms. The van der Waals surface area contributed by atoms with Crippen LogP contribution >= 0.6 is 27.5 Å². The van der Waals surface area contributed by atoms with E-state index in [1.54, 1.807) is 0 Å². The maximum atomic E-state index is 13.2. The van der Waals surface area contributed by atoms with E-state index in [-0.39, 0.29) is 5.02 Å². The fourth-order valence-corrected chi connectivity index (χ4v) is 2.26. The van der Waals surface area contributed by atoms with E-state index in [2.05, 4.69) is 21.2 Å². The van der Waals surface area contributed by atoms with Crippen LogP contribution in [0.2, 0.25) is 5.02 Å². The molecule has 88 valence electrons. The Kier molecular flexibility index (Phi) is 4.05. The van der Waals surface area contributed by atoms with Gasteiger partial charge in [-0.15, -0.1) is 0 Å². The minimum Gasteiger partial charge on any atom is -0.492 e. The van der Waals surface area contributed by atoms with Gasteiger partial charge in [-0.3, -0.25) is 0 Å². The predicted molar refractivity (Wildman–Crippen MR) is 65.6 cm³/mol. The van der Waals surface area contributed by atoms with Gasteiger partial charge in [0.1, 0.15) is 11.6 Å². The van der Waals surface area contributed by atoms with Crippen LogP contribution in [-0.2, 0) is 0 Å². The van der Waals surface area contributed by atoms with Gasteiger partial charge in [-0.05, 0) is 47.4 Å². The quantitative estimate of drug-likeness (QED) is 0.862. The van der Waals surface area contributed by atoms with Gasteiger partial charge in [0.15, 0.2) is 0 Å². The molecule has 0 radical (unpaired) electrons. The van der Waals surface area contributed by atoms with Gasteiger partial charge in [-0.1, -0.05) is 11.6 Å². The van der Waals surface area contributed by atoms with Crippen molar-refractivity contribution in [2.24, 2.45) is 5.92 Å². The SMILES string of the molecule is Fc1cc(OCCC2CNC2)c(Br)cc1Cl. The van der Waals surface area contributed by atoms with Crippen LogP contribution in [0.5, 0.6) is 5.75 Å². The second kappa shape index (κ2) is 5.34. The second-order valence-corrected chi connectivity index (χ2v) is 5.12. The maximum Gasteiger partial charge on any atom is 0.145 e. The molecule has 1 saturated heterocycles. The molecule has 0 aliphatic carbocycles. The second-order valence-electron chi connectivity index (χ2n) is 3.86. The number of ether oxygens (including phenoxy) is 1. The highest BCUT2D eigenvalue weighted by molar-refractivity contribution is 9.10. The van der Waals surface area contributed by atoms with Crippen molar-refractivity contribution < 1.29 is 9.13 Å². The first-order chi connectivity index (χ1) is 7.66. The van der Waals surface area contributed by atoms with Crippen molar-refractivity contribution in [2.45, 2.75) is 6.42 Å². The number of nitrogens with one attached hydrogen (secondary N) is 1. The zero-order valence-corrected chi connectivity index (χ0v) is 10.9. The van der Waals surface area contributed by atoms with E-state index in [9.17, 15) is 4.39 Å². The lowest BCUT2D eigenvalue weighted by atomic mass is 10.0. The summed E-state index contributed by atoms with van der Waals surface area (Å²) in [5.41, 5.74) is 0. The van der Waals surface area contributed by atoms with E-state index < -0.39 is 5.82 Å². The molecule has 0 atom stereocenters. The van der Waals surface area contributed by atoms with Crippen LogP contribution < -0.4 is 10.1 Å². The Morgan fingerprint density at radius 3 is 2.88 bits per heavy atom. The minimum absolute atomic E-state index is 0.0995. The molecular formula is C11H12BrClFNO. The maximum absolute atomic E-state index is 13.2. The molecular weight excluding hydrogens is 296 g/mol. The Bertz CT molecular complexity index is 384. The molecule has 1 aliphatic rings. The summed E-state index contributed by atoms with van der Waals surface area (Å²) in [7, 11) is 0. The van der Waals surface area contributed by atoms with Gasteiger partial charge in [-0.25, -0.2) is 4.39 Å². The Balaban J connectivity index is 1.90. The fraction of sp³-hybridized carbons (Fsp3) is 0.455. The third kappa shape index (κ3) is 2.87. The molecule has 0 spiro atoms. The number of hydrogen-bond acceptors (Lipinski definition) is 2. The molecule has 1 aliphatic heterocycles. The molecule has 0 amide bonds. The Morgan fingerprint density at radius 2 is 2.25 bits per heavy atom. The van der Waals surface area contributed by atoms with E-state index in [1.807, 2.05) is 0 Å². The van der Waals surface area contributed by atoms with Gasteiger partial charge < -0.3 is 10.1 Å². The van der Waals surface area contributed by atoms with Gasteiger partial charge in [0.05, 0.1) is 16.1 Å². The number of halogens is 3. The van der Waals surface area contributed by atoms with Crippen LogP contribution in [0.25, 0.3) is 0 Å². The molecule has 2 nitrogen and oxygen atoms in total. The van der Waals surface area contributed by atoms with E-state index >= 15 is 0 Å². The smallest absolute Gasteiger partial charge is 0.145 e. The fourth-order valence-electron chi connectivity index (χ4n) is 1.50. The minimum atomic E-state index is -0.454. The van der Waals surface area contributed by atoms with Crippen molar-refractivity contribution >= 4 is 27.5 Å². The average Bonchev–Trinajstić information content (AvgIpc) is 2.17. The molecule has 1 aromatic rings. The summed E-state index contributed by atoms with van der Waals surface area (Å²) in [6.45, 7) is 2.71. The molecule has 16 heavy (non-hydrogen) atoms. The molecule has 0 saturated carbocycles. The molecule has 1 N–H and O–H groups in total. The lowest BCUT2D eigenvalue weighted by Crippen LogP contribution is -2.42. The van der Waals surface area contributed by atoms with Gasteiger partial charge >= 0.3 is 0 Å². The Labute approximate surface area is 107 Å². The van der Waals surface area contributed by atoms with E-state index in [4.69, 9.17) is 16.3 Å². The Morgan fingerprint density at radius 1 is 1.50 bits per heavy atom. The molecule has 1 aromatic carbocycles. The van der Waals surface area contributed by atoms with Gasteiger partial charge in [0, 0.05) is 6.07 Å². The van der Waals surface area contributed by atoms with Crippen molar-refractivity contribution in [3.8, 4) is 5.75 Å². The summed E-state index contributed by atoms with van der Waals surface area (Å²) >= 11 is 8.92. The summed E-state index contributed by atoms with van der Waals surface area (Å²) < 4.78 is 19.4. The van der Waals surface area contributed by atoms with Gasteiger partial charge in [-0.2, -0.15) is 0 Å². The van der Waals surface area contributed by atoms with Crippen molar-refractivity contribution in [1.29, 1.82) is 0 Å². The lowest BCUT2D eigenvalue weighted by molar-refractivity contribution is 0.237. The monoisotopic (exact) mass is 307 g/mol. The zero-order chi connectivity index (χ0) is 11.5.